The van der Waals surface area contributed by atoms with Gasteiger partial charge in [-0.15, -0.1) is 0 Å². The molecule has 1 N–H and O–H groups in total. The molecule has 2 rings (SSSR count). The first-order valence-corrected chi connectivity index (χ1v) is 7.04. The van der Waals surface area contributed by atoms with E-state index < -0.39 is 9.84 Å². The maximum absolute atomic E-state index is 11.5. The Labute approximate surface area is 95.2 Å². The number of sulfone groups is 1. The van der Waals surface area contributed by atoms with Crippen LogP contribution in [0.25, 0.3) is 0 Å². The lowest BCUT2D eigenvalue weighted by molar-refractivity contribution is 0.589. The Morgan fingerprint density at radius 3 is 2.81 bits per heavy atom. The van der Waals surface area contributed by atoms with E-state index in [-0.39, 0.29) is 11.5 Å². The topological polar surface area (TPSA) is 72.0 Å². The summed E-state index contributed by atoms with van der Waals surface area (Å²) in [7, 11) is -1.10. The first-order valence-electron chi connectivity index (χ1n) is 5.22. The van der Waals surface area contributed by atoms with Crippen molar-refractivity contribution in [2.24, 2.45) is 0 Å². The largest absolute Gasteiger partial charge is 0.313 e. The number of nitrogens with zero attached hydrogens (tertiary/aromatic N) is 2. The molecule has 0 aromatic carbocycles. The molecule has 0 amide bonds. The smallest absolute Gasteiger partial charge is 0.154 e. The van der Waals surface area contributed by atoms with Crippen LogP contribution >= 0.6 is 0 Å². The van der Waals surface area contributed by atoms with Gasteiger partial charge in [0.25, 0.3) is 0 Å². The second-order valence-electron chi connectivity index (χ2n) is 4.02. The molecule has 0 saturated carbocycles. The monoisotopic (exact) mass is 241 g/mol. The summed E-state index contributed by atoms with van der Waals surface area (Å²) in [5.41, 5.74) is 2.48. The quantitative estimate of drug-likeness (QED) is 0.787. The molecule has 16 heavy (non-hydrogen) atoms. The fourth-order valence-corrected chi connectivity index (χ4v) is 3.36. The van der Waals surface area contributed by atoms with E-state index in [1.54, 1.807) is 0 Å². The molecule has 0 atom stereocenters. The molecule has 0 unspecified atom stereocenters. The van der Waals surface area contributed by atoms with Crippen LogP contribution in [0, 0.1) is 6.92 Å². The van der Waals surface area contributed by atoms with Gasteiger partial charge < -0.3 is 5.32 Å². The second kappa shape index (κ2) is 4.10. The third-order valence-corrected chi connectivity index (χ3v) is 4.25. The molecule has 0 spiro atoms. The van der Waals surface area contributed by atoms with Crippen LogP contribution in [0.15, 0.2) is 0 Å². The lowest BCUT2D eigenvalue weighted by atomic mass is 10.1. The predicted molar refractivity (Wildman–Crippen MR) is 60.7 cm³/mol. The molecule has 6 heteroatoms. The molecule has 0 saturated heterocycles. The van der Waals surface area contributed by atoms with E-state index >= 15 is 0 Å². The molecule has 0 fully saturated rings. The molecule has 1 aliphatic heterocycles. The van der Waals surface area contributed by atoms with Crippen molar-refractivity contribution in [2.75, 3.05) is 12.8 Å². The zero-order valence-corrected chi connectivity index (χ0v) is 10.3. The minimum absolute atomic E-state index is 0.0913. The molecule has 2 heterocycles. The van der Waals surface area contributed by atoms with Gasteiger partial charge in [-0.3, -0.25) is 0 Å². The van der Waals surface area contributed by atoms with Crippen molar-refractivity contribution in [3.8, 4) is 0 Å². The lowest BCUT2D eigenvalue weighted by Crippen LogP contribution is -2.23. The molecule has 0 bridgehead atoms. The summed E-state index contributed by atoms with van der Waals surface area (Å²) in [6, 6.07) is 0. The number of rotatable bonds is 2. The fourth-order valence-electron chi connectivity index (χ4n) is 1.89. The summed E-state index contributed by atoms with van der Waals surface area (Å²) in [4.78, 5) is 8.70. The zero-order valence-electron chi connectivity index (χ0n) is 9.45. The van der Waals surface area contributed by atoms with Gasteiger partial charge in [-0.2, -0.15) is 0 Å². The Bertz CT molecular complexity index is 511. The van der Waals surface area contributed by atoms with Crippen molar-refractivity contribution < 1.29 is 8.42 Å². The average Bonchev–Trinajstić information content (AvgIpc) is 2.19. The average molecular weight is 241 g/mol. The van der Waals surface area contributed by atoms with Gasteiger partial charge in [-0.05, 0) is 14.0 Å². The van der Waals surface area contributed by atoms with Crippen LogP contribution in [0.2, 0.25) is 0 Å². The minimum Gasteiger partial charge on any atom is -0.313 e. The van der Waals surface area contributed by atoms with Crippen molar-refractivity contribution in [1.29, 1.82) is 0 Å². The van der Waals surface area contributed by atoms with Crippen LogP contribution in [0.5, 0.6) is 0 Å². The maximum Gasteiger partial charge on any atom is 0.154 e. The van der Waals surface area contributed by atoms with Gasteiger partial charge >= 0.3 is 0 Å². The molecule has 1 aliphatic rings. The van der Waals surface area contributed by atoms with Gasteiger partial charge in [-0.25, -0.2) is 18.4 Å². The van der Waals surface area contributed by atoms with Crippen LogP contribution < -0.4 is 5.32 Å². The minimum atomic E-state index is -2.94. The van der Waals surface area contributed by atoms with E-state index in [4.69, 9.17) is 0 Å². The number of nitrogens with one attached hydrogen (secondary N) is 1. The zero-order chi connectivity index (χ0) is 11.8. The van der Waals surface area contributed by atoms with Crippen molar-refractivity contribution in [2.45, 2.75) is 25.6 Å². The Kier molecular flexibility index (Phi) is 2.94. The summed E-state index contributed by atoms with van der Waals surface area (Å²) in [6.45, 7) is 2.46. The second-order valence-corrected chi connectivity index (χ2v) is 6.21. The highest BCUT2D eigenvalue weighted by Crippen LogP contribution is 2.21. The SMILES string of the molecule is CNCc1nc(C)c2c(n1)CCS(=O)(=O)C2. The maximum atomic E-state index is 11.5. The highest BCUT2D eigenvalue weighted by molar-refractivity contribution is 7.90. The van der Waals surface area contributed by atoms with Gasteiger partial charge in [0, 0.05) is 23.4 Å². The van der Waals surface area contributed by atoms with Crippen LogP contribution in [0.4, 0.5) is 0 Å². The third-order valence-electron chi connectivity index (χ3n) is 2.69. The lowest BCUT2D eigenvalue weighted by Gasteiger charge is -2.17. The van der Waals surface area contributed by atoms with Crippen LogP contribution in [0.1, 0.15) is 22.8 Å². The van der Waals surface area contributed by atoms with Crippen molar-refractivity contribution in [3.05, 3.63) is 22.8 Å². The summed E-state index contributed by atoms with van der Waals surface area (Å²) in [6.07, 6.45) is 0.512. The summed E-state index contributed by atoms with van der Waals surface area (Å²) >= 11 is 0. The Balaban J connectivity index is 2.44. The number of fused-ring (bicyclic) bond motifs is 1. The summed E-state index contributed by atoms with van der Waals surface area (Å²) in [5, 5.41) is 2.99. The number of hydrogen-bond donors (Lipinski definition) is 1. The first kappa shape index (κ1) is 11.5. The molecule has 1 aromatic heterocycles. The molecular formula is C10H15N3O2S. The number of aromatic nitrogens is 2. The van der Waals surface area contributed by atoms with E-state index in [1.807, 2.05) is 14.0 Å². The van der Waals surface area contributed by atoms with E-state index in [0.717, 1.165) is 22.8 Å². The Morgan fingerprint density at radius 1 is 1.38 bits per heavy atom. The number of hydrogen-bond acceptors (Lipinski definition) is 5. The molecule has 5 nitrogen and oxygen atoms in total. The van der Waals surface area contributed by atoms with E-state index in [2.05, 4.69) is 15.3 Å². The van der Waals surface area contributed by atoms with Crippen molar-refractivity contribution >= 4 is 9.84 Å². The van der Waals surface area contributed by atoms with Crippen molar-refractivity contribution in [1.82, 2.24) is 15.3 Å². The summed E-state index contributed by atoms with van der Waals surface area (Å²) < 4.78 is 23.0. The Hall–Kier alpha value is -1.01. The highest BCUT2D eigenvalue weighted by atomic mass is 32.2. The number of aryl methyl sites for hydroxylation is 2. The van der Waals surface area contributed by atoms with E-state index in [0.29, 0.717) is 13.0 Å². The van der Waals surface area contributed by atoms with Gasteiger partial charge in [0.05, 0.1) is 18.1 Å². The predicted octanol–water partition coefficient (Wildman–Crippen LogP) is -0.0247. The molecule has 1 aromatic rings. The van der Waals surface area contributed by atoms with Crippen LogP contribution in [-0.2, 0) is 28.6 Å². The van der Waals surface area contributed by atoms with Gasteiger partial charge in [0.1, 0.15) is 5.82 Å². The molecule has 88 valence electrons. The Morgan fingerprint density at radius 2 is 2.12 bits per heavy atom. The third kappa shape index (κ3) is 2.22. The van der Waals surface area contributed by atoms with Crippen LogP contribution in [-0.4, -0.2) is 31.2 Å². The fraction of sp³-hybridized carbons (Fsp3) is 0.600. The molecule has 0 radical (unpaired) electrons. The summed E-state index contributed by atoms with van der Waals surface area (Å²) in [5.74, 6) is 1.03. The molecular weight excluding hydrogens is 226 g/mol. The van der Waals surface area contributed by atoms with Gasteiger partial charge in [-0.1, -0.05) is 0 Å². The van der Waals surface area contributed by atoms with E-state index in [9.17, 15) is 8.42 Å². The van der Waals surface area contributed by atoms with Gasteiger partial charge in [0.15, 0.2) is 9.84 Å². The van der Waals surface area contributed by atoms with Crippen molar-refractivity contribution in [3.63, 3.8) is 0 Å². The van der Waals surface area contributed by atoms with E-state index in [1.165, 1.54) is 0 Å². The van der Waals surface area contributed by atoms with Gasteiger partial charge in [0.2, 0.25) is 0 Å². The first-order chi connectivity index (χ1) is 7.52. The molecule has 0 aliphatic carbocycles. The highest BCUT2D eigenvalue weighted by Gasteiger charge is 2.24. The van der Waals surface area contributed by atoms with Crippen LogP contribution in [0.3, 0.4) is 0 Å². The normalized spacial score (nSPS) is 18.1. The standard InChI is InChI=1S/C10H15N3O2S/c1-7-8-6-16(14,15)4-3-9(8)13-10(12-7)5-11-2/h11H,3-6H2,1-2H3.